The van der Waals surface area contributed by atoms with E-state index in [9.17, 15) is 0 Å². The molecule has 1 heterocycles. The predicted octanol–water partition coefficient (Wildman–Crippen LogP) is 3.03. The van der Waals surface area contributed by atoms with Crippen LogP contribution in [0.4, 0.5) is 0 Å². The van der Waals surface area contributed by atoms with Gasteiger partial charge in [-0.3, -0.25) is 4.90 Å². The molecule has 2 fully saturated rings. The van der Waals surface area contributed by atoms with Gasteiger partial charge in [0.2, 0.25) is 0 Å². The zero-order chi connectivity index (χ0) is 12.1. The average molecular weight is 238 g/mol. The van der Waals surface area contributed by atoms with Gasteiger partial charge in [-0.25, -0.2) is 0 Å². The highest BCUT2D eigenvalue weighted by atomic mass is 15.2. The molecule has 2 rings (SSSR count). The fourth-order valence-corrected chi connectivity index (χ4v) is 3.07. The summed E-state index contributed by atoms with van der Waals surface area (Å²) in [5.41, 5.74) is 0. The van der Waals surface area contributed by atoms with Crippen LogP contribution in [0.2, 0.25) is 0 Å². The van der Waals surface area contributed by atoms with E-state index in [2.05, 4.69) is 24.1 Å². The van der Waals surface area contributed by atoms with E-state index in [1.165, 1.54) is 64.6 Å². The minimum absolute atomic E-state index is 0.774. The van der Waals surface area contributed by atoms with Crippen molar-refractivity contribution < 1.29 is 0 Å². The Morgan fingerprint density at radius 1 is 1.18 bits per heavy atom. The van der Waals surface area contributed by atoms with Crippen molar-refractivity contribution in [1.82, 2.24) is 10.2 Å². The topological polar surface area (TPSA) is 15.3 Å². The number of nitrogens with one attached hydrogen (secondary N) is 1. The molecule has 0 spiro atoms. The molecule has 2 nitrogen and oxygen atoms in total. The van der Waals surface area contributed by atoms with Crippen LogP contribution in [0.5, 0.6) is 0 Å². The van der Waals surface area contributed by atoms with E-state index in [0.29, 0.717) is 0 Å². The Morgan fingerprint density at radius 2 is 2.00 bits per heavy atom. The summed E-state index contributed by atoms with van der Waals surface area (Å²) in [6.07, 6.45) is 9.89. The van der Waals surface area contributed by atoms with Crippen LogP contribution in [0.25, 0.3) is 0 Å². The van der Waals surface area contributed by atoms with E-state index >= 15 is 0 Å². The minimum Gasteiger partial charge on any atom is -0.312 e. The van der Waals surface area contributed by atoms with Crippen LogP contribution in [-0.2, 0) is 0 Å². The van der Waals surface area contributed by atoms with Crippen LogP contribution in [-0.4, -0.2) is 36.6 Å². The minimum atomic E-state index is 0.774. The molecule has 2 aliphatic rings. The van der Waals surface area contributed by atoms with Crippen molar-refractivity contribution in [3.63, 3.8) is 0 Å². The molecule has 1 saturated carbocycles. The van der Waals surface area contributed by atoms with Crippen LogP contribution in [0, 0.1) is 5.92 Å². The largest absolute Gasteiger partial charge is 0.312 e. The molecule has 0 radical (unpaired) electrons. The Hall–Kier alpha value is -0.0800. The summed E-state index contributed by atoms with van der Waals surface area (Å²) in [6.45, 7) is 8.52. The molecule has 0 aromatic heterocycles. The first-order chi connectivity index (χ1) is 8.31. The second kappa shape index (κ2) is 6.75. The van der Waals surface area contributed by atoms with Crippen LogP contribution < -0.4 is 5.32 Å². The molecular weight excluding hydrogens is 208 g/mol. The quantitative estimate of drug-likeness (QED) is 0.765. The van der Waals surface area contributed by atoms with Crippen molar-refractivity contribution in [3.05, 3.63) is 0 Å². The van der Waals surface area contributed by atoms with Gasteiger partial charge in [-0.05, 0) is 58.0 Å². The van der Waals surface area contributed by atoms with E-state index in [-0.39, 0.29) is 0 Å². The van der Waals surface area contributed by atoms with Crippen molar-refractivity contribution >= 4 is 0 Å². The van der Waals surface area contributed by atoms with Crippen LogP contribution in [0.15, 0.2) is 0 Å². The summed E-state index contributed by atoms with van der Waals surface area (Å²) in [4.78, 5) is 2.75. The van der Waals surface area contributed by atoms with Crippen LogP contribution in [0.1, 0.15) is 58.8 Å². The van der Waals surface area contributed by atoms with Crippen LogP contribution >= 0.6 is 0 Å². The second-order valence-corrected chi connectivity index (χ2v) is 6.09. The maximum Gasteiger partial charge on any atom is 0.0223 e. The molecule has 0 amide bonds. The molecule has 0 aromatic rings. The first kappa shape index (κ1) is 13.4. The average Bonchev–Trinajstić information content (AvgIpc) is 3.14. The Morgan fingerprint density at radius 3 is 2.71 bits per heavy atom. The maximum atomic E-state index is 3.78. The molecular formula is C15H30N2. The van der Waals surface area contributed by atoms with E-state index in [1.807, 2.05) is 0 Å². The van der Waals surface area contributed by atoms with Crippen molar-refractivity contribution in [2.75, 3.05) is 19.6 Å². The molecule has 1 N–H and O–H groups in total. The molecule has 1 saturated heterocycles. The number of hydrogen-bond donors (Lipinski definition) is 1. The Kier molecular flexibility index (Phi) is 5.30. The predicted molar refractivity (Wildman–Crippen MR) is 74.3 cm³/mol. The molecule has 0 bridgehead atoms. The molecule has 1 aliphatic carbocycles. The monoisotopic (exact) mass is 238 g/mol. The van der Waals surface area contributed by atoms with Gasteiger partial charge in [0.05, 0.1) is 0 Å². The first-order valence-electron chi connectivity index (χ1n) is 7.78. The highest BCUT2D eigenvalue weighted by Crippen LogP contribution is 2.33. The molecule has 2 unspecified atom stereocenters. The van der Waals surface area contributed by atoms with Gasteiger partial charge in [-0.1, -0.05) is 19.8 Å². The van der Waals surface area contributed by atoms with E-state index in [0.717, 1.165) is 18.0 Å². The zero-order valence-corrected chi connectivity index (χ0v) is 11.8. The Bertz CT molecular complexity index is 213. The summed E-state index contributed by atoms with van der Waals surface area (Å²) in [5, 5.41) is 3.78. The van der Waals surface area contributed by atoms with Crippen molar-refractivity contribution in [1.29, 1.82) is 0 Å². The molecule has 2 heteroatoms. The number of hydrogen-bond acceptors (Lipinski definition) is 2. The van der Waals surface area contributed by atoms with Gasteiger partial charge in [0.1, 0.15) is 0 Å². The van der Waals surface area contributed by atoms with E-state index in [4.69, 9.17) is 0 Å². The highest BCUT2D eigenvalue weighted by molar-refractivity contribution is 4.89. The smallest absolute Gasteiger partial charge is 0.0223 e. The van der Waals surface area contributed by atoms with Gasteiger partial charge in [0.15, 0.2) is 0 Å². The lowest BCUT2D eigenvalue weighted by Gasteiger charge is -2.31. The molecule has 17 heavy (non-hydrogen) atoms. The Balaban J connectivity index is 1.82. The lowest BCUT2D eigenvalue weighted by Crippen LogP contribution is -2.45. The maximum absolute atomic E-state index is 3.78. The van der Waals surface area contributed by atoms with Gasteiger partial charge in [-0.15, -0.1) is 0 Å². The summed E-state index contributed by atoms with van der Waals surface area (Å²) < 4.78 is 0. The van der Waals surface area contributed by atoms with E-state index in [1.54, 1.807) is 0 Å². The third-order valence-electron chi connectivity index (χ3n) is 4.47. The normalized spacial score (nSPS) is 28.9. The SMILES string of the molecule is CCCNC(CN1CCCCCC1C)C1CC1. The van der Waals surface area contributed by atoms with Crippen LogP contribution in [0.3, 0.4) is 0 Å². The third-order valence-corrected chi connectivity index (χ3v) is 4.47. The fourth-order valence-electron chi connectivity index (χ4n) is 3.07. The standard InChI is InChI=1S/C15H30N2/c1-3-10-16-15(14-8-9-14)12-17-11-6-4-5-7-13(17)2/h13-16H,3-12H2,1-2H3. The molecule has 1 aliphatic heterocycles. The van der Waals surface area contributed by atoms with E-state index < -0.39 is 0 Å². The first-order valence-corrected chi connectivity index (χ1v) is 7.78. The van der Waals surface area contributed by atoms with Crippen molar-refractivity contribution in [2.24, 2.45) is 5.92 Å². The summed E-state index contributed by atoms with van der Waals surface area (Å²) in [7, 11) is 0. The number of likely N-dealkylation sites (tertiary alicyclic amines) is 1. The fraction of sp³-hybridized carbons (Fsp3) is 1.00. The van der Waals surface area contributed by atoms with Gasteiger partial charge in [-0.2, -0.15) is 0 Å². The van der Waals surface area contributed by atoms with Gasteiger partial charge in [0.25, 0.3) is 0 Å². The number of rotatable bonds is 6. The lowest BCUT2D eigenvalue weighted by molar-refractivity contribution is 0.183. The van der Waals surface area contributed by atoms with Crippen molar-refractivity contribution in [2.45, 2.75) is 70.9 Å². The summed E-state index contributed by atoms with van der Waals surface area (Å²) in [6, 6.07) is 1.58. The zero-order valence-electron chi connectivity index (χ0n) is 11.8. The number of nitrogens with zero attached hydrogens (tertiary/aromatic N) is 1. The molecule has 100 valence electrons. The molecule has 2 atom stereocenters. The van der Waals surface area contributed by atoms with Crippen molar-refractivity contribution in [3.8, 4) is 0 Å². The van der Waals surface area contributed by atoms with Gasteiger partial charge < -0.3 is 5.32 Å². The Labute approximate surface area is 107 Å². The molecule has 0 aromatic carbocycles. The second-order valence-electron chi connectivity index (χ2n) is 6.09. The third kappa shape index (κ3) is 4.26. The highest BCUT2D eigenvalue weighted by Gasteiger charge is 2.32. The van der Waals surface area contributed by atoms with Gasteiger partial charge >= 0.3 is 0 Å². The summed E-state index contributed by atoms with van der Waals surface area (Å²) >= 11 is 0. The summed E-state index contributed by atoms with van der Waals surface area (Å²) in [5.74, 6) is 0.983. The van der Waals surface area contributed by atoms with Gasteiger partial charge in [0, 0.05) is 18.6 Å². The lowest BCUT2D eigenvalue weighted by atomic mass is 10.1.